The van der Waals surface area contributed by atoms with Gasteiger partial charge >= 0.3 is 0 Å². The van der Waals surface area contributed by atoms with Crippen LogP contribution in [0.2, 0.25) is 5.02 Å². The Morgan fingerprint density at radius 2 is 2.10 bits per heavy atom. The van der Waals surface area contributed by atoms with E-state index in [-0.39, 0.29) is 18.4 Å². The number of nitrogens with one attached hydrogen (secondary N) is 1. The maximum Gasteiger partial charge on any atom is 0.231 e. The van der Waals surface area contributed by atoms with Crippen molar-refractivity contribution in [3.8, 4) is 0 Å². The van der Waals surface area contributed by atoms with Crippen molar-refractivity contribution < 1.29 is 9.59 Å². The van der Waals surface area contributed by atoms with E-state index in [1.165, 1.54) is 0 Å². The molecule has 6 nitrogen and oxygen atoms in total. The van der Waals surface area contributed by atoms with E-state index in [1.807, 2.05) is 0 Å². The fourth-order valence-electron chi connectivity index (χ4n) is 1.70. The second-order valence-electron chi connectivity index (χ2n) is 4.59. The van der Waals surface area contributed by atoms with Crippen LogP contribution in [0, 0.1) is 0 Å². The summed E-state index contributed by atoms with van der Waals surface area (Å²) in [6, 6.07) is 4.90. The number of likely N-dealkylation sites (N-methyl/N-ethyl adjacent to an activating group) is 1. The minimum Gasteiger partial charge on any atom is -0.397 e. The highest BCUT2D eigenvalue weighted by atomic mass is 35.5. The second kappa shape index (κ2) is 7.72. The van der Waals surface area contributed by atoms with Crippen molar-refractivity contribution in [3.05, 3.63) is 23.2 Å². The van der Waals surface area contributed by atoms with Crippen molar-refractivity contribution >= 4 is 34.8 Å². The van der Waals surface area contributed by atoms with Gasteiger partial charge in [-0.25, -0.2) is 0 Å². The lowest BCUT2D eigenvalue weighted by Gasteiger charge is -2.14. The molecule has 0 radical (unpaired) electrons. The standard InChI is InChI=1S/C13H19ClN4O2/c1-18(8-12(16)19)6-2-3-13(20)17-11-7-9(14)4-5-10(11)15/h4-5,7H,2-3,6,8,15H2,1H3,(H2,16,19)(H,17,20). The number of amides is 2. The first-order valence-corrected chi connectivity index (χ1v) is 6.58. The molecule has 1 rings (SSSR count). The van der Waals surface area contributed by atoms with Gasteiger partial charge in [-0.1, -0.05) is 11.6 Å². The van der Waals surface area contributed by atoms with Gasteiger partial charge in [0, 0.05) is 11.4 Å². The molecule has 0 bridgehead atoms. The highest BCUT2D eigenvalue weighted by molar-refractivity contribution is 6.31. The first kappa shape index (κ1) is 16.3. The van der Waals surface area contributed by atoms with E-state index in [1.54, 1.807) is 30.1 Å². The van der Waals surface area contributed by atoms with Crippen molar-refractivity contribution in [2.75, 3.05) is 31.2 Å². The van der Waals surface area contributed by atoms with Crippen LogP contribution in [0.1, 0.15) is 12.8 Å². The summed E-state index contributed by atoms with van der Waals surface area (Å²) in [6.45, 7) is 0.796. The SMILES string of the molecule is CN(CCCC(=O)Nc1cc(Cl)ccc1N)CC(N)=O. The molecule has 5 N–H and O–H groups in total. The van der Waals surface area contributed by atoms with Crippen LogP contribution in [0.25, 0.3) is 0 Å². The van der Waals surface area contributed by atoms with Gasteiger partial charge in [-0.15, -0.1) is 0 Å². The van der Waals surface area contributed by atoms with Crippen LogP contribution < -0.4 is 16.8 Å². The summed E-state index contributed by atoms with van der Waals surface area (Å²) in [5, 5.41) is 3.22. The van der Waals surface area contributed by atoms with E-state index in [4.69, 9.17) is 23.1 Å². The molecule has 7 heteroatoms. The number of primary amides is 1. The third-order valence-corrected chi connectivity index (χ3v) is 2.89. The van der Waals surface area contributed by atoms with E-state index >= 15 is 0 Å². The van der Waals surface area contributed by atoms with Crippen LogP contribution in [-0.4, -0.2) is 36.9 Å². The number of nitrogen functional groups attached to an aromatic ring is 1. The minimum absolute atomic E-state index is 0.147. The van der Waals surface area contributed by atoms with E-state index in [2.05, 4.69) is 5.32 Å². The Hall–Kier alpha value is -1.79. The Morgan fingerprint density at radius 1 is 1.40 bits per heavy atom. The number of carbonyl (C=O) groups excluding carboxylic acids is 2. The number of nitrogens with zero attached hydrogens (tertiary/aromatic N) is 1. The van der Waals surface area contributed by atoms with Crippen molar-refractivity contribution in [1.29, 1.82) is 0 Å². The Balaban J connectivity index is 2.37. The van der Waals surface area contributed by atoms with Crippen LogP contribution in [0.3, 0.4) is 0 Å². The highest BCUT2D eigenvalue weighted by Gasteiger charge is 2.07. The molecule has 0 aliphatic rings. The van der Waals surface area contributed by atoms with E-state index in [9.17, 15) is 9.59 Å². The van der Waals surface area contributed by atoms with Crippen LogP contribution in [0.15, 0.2) is 18.2 Å². The van der Waals surface area contributed by atoms with E-state index in [0.717, 1.165) is 0 Å². The highest BCUT2D eigenvalue weighted by Crippen LogP contribution is 2.23. The molecule has 0 unspecified atom stereocenters. The lowest BCUT2D eigenvalue weighted by atomic mass is 10.2. The molecule has 0 fully saturated rings. The third-order valence-electron chi connectivity index (χ3n) is 2.66. The fraction of sp³-hybridized carbons (Fsp3) is 0.385. The van der Waals surface area contributed by atoms with Gasteiger partial charge in [0.1, 0.15) is 0 Å². The maximum atomic E-state index is 11.8. The number of rotatable bonds is 7. The number of benzene rings is 1. The monoisotopic (exact) mass is 298 g/mol. The number of halogens is 1. The van der Waals surface area contributed by atoms with Gasteiger partial charge in [0.2, 0.25) is 11.8 Å². The predicted octanol–water partition coefficient (Wildman–Crippen LogP) is 1.06. The molecule has 20 heavy (non-hydrogen) atoms. The molecule has 0 aliphatic carbocycles. The summed E-state index contributed by atoms with van der Waals surface area (Å²) in [5.41, 5.74) is 11.8. The van der Waals surface area contributed by atoms with Crippen LogP contribution in [-0.2, 0) is 9.59 Å². The van der Waals surface area contributed by atoms with Gasteiger partial charge in [-0.05, 0) is 38.2 Å². The lowest BCUT2D eigenvalue weighted by molar-refractivity contribution is -0.118. The number of nitrogens with two attached hydrogens (primary N) is 2. The van der Waals surface area contributed by atoms with Crippen molar-refractivity contribution in [1.82, 2.24) is 4.90 Å². The summed E-state index contributed by atoms with van der Waals surface area (Å²) >= 11 is 5.84. The first-order valence-electron chi connectivity index (χ1n) is 6.20. The maximum absolute atomic E-state index is 11.8. The van der Waals surface area contributed by atoms with Gasteiger partial charge in [-0.2, -0.15) is 0 Å². The fourth-order valence-corrected chi connectivity index (χ4v) is 1.88. The number of anilines is 2. The molecule has 0 aromatic heterocycles. The molecule has 110 valence electrons. The molecule has 1 aromatic carbocycles. The van der Waals surface area contributed by atoms with Gasteiger partial charge in [-0.3, -0.25) is 14.5 Å². The summed E-state index contributed by atoms with van der Waals surface area (Å²) in [5.74, 6) is -0.532. The van der Waals surface area contributed by atoms with E-state index < -0.39 is 0 Å². The quantitative estimate of drug-likeness (QED) is 0.655. The number of hydrogen-bond acceptors (Lipinski definition) is 4. The van der Waals surface area contributed by atoms with Gasteiger partial charge in [0.25, 0.3) is 0 Å². The molecule has 2 amide bonds. The molecule has 0 saturated heterocycles. The van der Waals surface area contributed by atoms with Crippen molar-refractivity contribution in [2.24, 2.45) is 5.73 Å². The van der Waals surface area contributed by atoms with Gasteiger partial charge in [0.15, 0.2) is 0 Å². The topological polar surface area (TPSA) is 101 Å². The van der Waals surface area contributed by atoms with Gasteiger partial charge in [0.05, 0.1) is 17.9 Å². The zero-order valence-electron chi connectivity index (χ0n) is 11.4. The zero-order valence-corrected chi connectivity index (χ0v) is 12.1. The predicted molar refractivity (Wildman–Crippen MR) is 80.4 cm³/mol. The third kappa shape index (κ3) is 5.90. The molecule has 0 saturated carbocycles. The minimum atomic E-state index is -0.386. The van der Waals surface area contributed by atoms with Gasteiger partial charge < -0.3 is 16.8 Å². The first-order chi connectivity index (χ1) is 9.38. The van der Waals surface area contributed by atoms with Crippen LogP contribution in [0.4, 0.5) is 11.4 Å². The Kier molecular flexibility index (Phi) is 6.27. The summed E-state index contributed by atoms with van der Waals surface area (Å²) in [4.78, 5) is 24.2. The van der Waals surface area contributed by atoms with E-state index in [0.29, 0.717) is 35.8 Å². The zero-order chi connectivity index (χ0) is 15.1. The largest absolute Gasteiger partial charge is 0.397 e. The van der Waals surface area contributed by atoms with Crippen LogP contribution in [0.5, 0.6) is 0 Å². The van der Waals surface area contributed by atoms with Crippen molar-refractivity contribution in [2.45, 2.75) is 12.8 Å². The average molecular weight is 299 g/mol. The molecule has 0 atom stereocenters. The molecule has 0 spiro atoms. The molecule has 0 aliphatic heterocycles. The summed E-state index contributed by atoms with van der Waals surface area (Å²) in [7, 11) is 1.78. The lowest BCUT2D eigenvalue weighted by Crippen LogP contribution is -2.31. The van der Waals surface area contributed by atoms with Crippen molar-refractivity contribution in [3.63, 3.8) is 0 Å². The Bertz CT molecular complexity index is 493. The Morgan fingerprint density at radius 3 is 2.75 bits per heavy atom. The summed E-state index contributed by atoms with van der Waals surface area (Å²) < 4.78 is 0. The molecular weight excluding hydrogens is 280 g/mol. The number of carbonyl (C=O) groups is 2. The second-order valence-corrected chi connectivity index (χ2v) is 5.02. The number of hydrogen-bond donors (Lipinski definition) is 3. The smallest absolute Gasteiger partial charge is 0.231 e. The normalized spacial score (nSPS) is 10.6. The Labute approximate surface area is 123 Å². The molecular formula is C13H19ClN4O2. The summed E-state index contributed by atoms with van der Waals surface area (Å²) in [6.07, 6.45) is 0.950. The molecule has 0 heterocycles. The molecule has 1 aromatic rings. The van der Waals surface area contributed by atoms with Crippen LogP contribution >= 0.6 is 11.6 Å². The average Bonchev–Trinajstić information content (AvgIpc) is 2.33.